The molecule has 0 aliphatic carbocycles. The third-order valence-electron chi connectivity index (χ3n) is 5.22. The molecule has 0 atom stereocenters. The molecule has 0 aliphatic rings. The van der Waals surface area contributed by atoms with Crippen molar-refractivity contribution in [3.8, 4) is 22.7 Å². The van der Waals surface area contributed by atoms with Gasteiger partial charge in [-0.3, -0.25) is 0 Å². The van der Waals surface area contributed by atoms with E-state index in [1.165, 1.54) is 5.69 Å². The van der Waals surface area contributed by atoms with Gasteiger partial charge in [0.1, 0.15) is 0 Å². The highest BCUT2D eigenvalue weighted by atomic mass is 32.2. The van der Waals surface area contributed by atoms with Crippen molar-refractivity contribution in [1.29, 1.82) is 0 Å². The molecule has 0 radical (unpaired) electrons. The van der Waals surface area contributed by atoms with Crippen LogP contribution in [0.2, 0.25) is 0 Å². The standard InChI is InChI=1S/C24H27N5OS/c1-4-28(5-2)20-14-12-19(13-15-20)23-26-27-24(29(23)6-3)31-17-22-25-16-21(30-22)18-10-8-7-9-11-18/h7-16H,4-6,17H2,1-3H3. The number of oxazole rings is 1. The molecule has 31 heavy (non-hydrogen) atoms. The molecule has 2 heterocycles. The van der Waals surface area contributed by atoms with Crippen molar-refractivity contribution in [3.63, 3.8) is 0 Å². The van der Waals surface area contributed by atoms with Gasteiger partial charge in [0, 0.05) is 36.4 Å². The number of hydrogen-bond donors (Lipinski definition) is 0. The van der Waals surface area contributed by atoms with E-state index in [1.54, 1.807) is 18.0 Å². The molecule has 2 aromatic carbocycles. The number of thioether (sulfide) groups is 1. The third-order valence-corrected chi connectivity index (χ3v) is 6.18. The quantitative estimate of drug-likeness (QED) is 0.313. The van der Waals surface area contributed by atoms with Gasteiger partial charge in [0.15, 0.2) is 16.7 Å². The summed E-state index contributed by atoms with van der Waals surface area (Å²) in [6, 6.07) is 18.6. The Bertz CT molecular complexity index is 1100. The summed E-state index contributed by atoms with van der Waals surface area (Å²) in [7, 11) is 0. The Morgan fingerprint density at radius 2 is 1.65 bits per heavy atom. The fourth-order valence-corrected chi connectivity index (χ4v) is 4.40. The van der Waals surface area contributed by atoms with Gasteiger partial charge in [0.25, 0.3) is 0 Å². The van der Waals surface area contributed by atoms with Crippen LogP contribution in [0.5, 0.6) is 0 Å². The molecule has 4 rings (SSSR count). The van der Waals surface area contributed by atoms with Crippen molar-refractivity contribution >= 4 is 17.4 Å². The average Bonchev–Trinajstić information content (AvgIpc) is 3.46. The Hall–Kier alpha value is -3.06. The first-order chi connectivity index (χ1) is 15.2. The smallest absolute Gasteiger partial charge is 0.205 e. The van der Waals surface area contributed by atoms with Gasteiger partial charge in [-0.05, 0) is 45.0 Å². The van der Waals surface area contributed by atoms with E-state index in [4.69, 9.17) is 4.42 Å². The number of rotatable bonds is 9. The molecule has 0 unspecified atom stereocenters. The average molecular weight is 434 g/mol. The second-order valence-corrected chi connectivity index (χ2v) is 7.99. The summed E-state index contributed by atoms with van der Waals surface area (Å²) in [4.78, 5) is 6.75. The lowest BCUT2D eigenvalue weighted by Gasteiger charge is -2.21. The zero-order chi connectivity index (χ0) is 21.6. The van der Waals surface area contributed by atoms with Gasteiger partial charge in [-0.25, -0.2) is 4.98 Å². The second kappa shape index (κ2) is 9.83. The molecule has 0 spiro atoms. The normalized spacial score (nSPS) is 11.1. The van der Waals surface area contributed by atoms with Crippen LogP contribution in [0.15, 0.2) is 70.4 Å². The van der Waals surface area contributed by atoms with E-state index in [0.29, 0.717) is 11.6 Å². The van der Waals surface area contributed by atoms with Crippen molar-refractivity contribution < 1.29 is 4.42 Å². The fraction of sp³-hybridized carbons (Fsp3) is 0.292. The summed E-state index contributed by atoms with van der Waals surface area (Å²) in [5.41, 5.74) is 3.32. The molecule has 2 aromatic heterocycles. The number of nitrogens with zero attached hydrogens (tertiary/aromatic N) is 5. The third kappa shape index (κ3) is 4.66. The van der Waals surface area contributed by atoms with Crippen molar-refractivity contribution in [2.75, 3.05) is 18.0 Å². The first-order valence-corrected chi connectivity index (χ1v) is 11.6. The predicted molar refractivity (Wildman–Crippen MR) is 126 cm³/mol. The van der Waals surface area contributed by atoms with Crippen LogP contribution in [-0.4, -0.2) is 32.8 Å². The molecule has 0 saturated heterocycles. The molecule has 0 N–H and O–H groups in total. The number of hydrogen-bond acceptors (Lipinski definition) is 6. The molecule has 0 bridgehead atoms. The van der Waals surface area contributed by atoms with E-state index >= 15 is 0 Å². The number of benzene rings is 2. The summed E-state index contributed by atoms with van der Waals surface area (Å²) < 4.78 is 8.06. The highest BCUT2D eigenvalue weighted by molar-refractivity contribution is 7.98. The summed E-state index contributed by atoms with van der Waals surface area (Å²) in [5.74, 6) is 2.95. The van der Waals surface area contributed by atoms with E-state index in [1.807, 2.05) is 30.3 Å². The minimum Gasteiger partial charge on any atom is -0.440 e. The summed E-state index contributed by atoms with van der Waals surface area (Å²) in [6.45, 7) is 9.24. The lowest BCUT2D eigenvalue weighted by molar-refractivity contribution is 0.529. The lowest BCUT2D eigenvalue weighted by Crippen LogP contribution is -2.21. The van der Waals surface area contributed by atoms with Gasteiger partial charge < -0.3 is 13.9 Å². The molecular weight excluding hydrogens is 406 g/mol. The van der Waals surface area contributed by atoms with Crippen LogP contribution in [0.4, 0.5) is 5.69 Å². The minimum absolute atomic E-state index is 0.603. The highest BCUT2D eigenvalue weighted by Gasteiger charge is 2.15. The first kappa shape index (κ1) is 21.2. The highest BCUT2D eigenvalue weighted by Crippen LogP contribution is 2.29. The van der Waals surface area contributed by atoms with Crippen LogP contribution in [-0.2, 0) is 12.3 Å². The zero-order valence-electron chi connectivity index (χ0n) is 18.2. The molecule has 0 fully saturated rings. The van der Waals surface area contributed by atoms with Crippen molar-refractivity contribution in [1.82, 2.24) is 19.7 Å². The summed E-state index contributed by atoms with van der Waals surface area (Å²) in [5, 5.41) is 9.76. The Labute approximate surface area is 187 Å². The fourth-order valence-electron chi connectivity index (χ4n) is 3.54. The maximum Gasteiger partial charge on any atom is 0.205 e. The molecular formula is C24H27N5OS. The molecule has 0 saturated carbocycles. The van der Waals surface area contributed by atoms with Gasteiger partial charge in [0.2, 0.25) is 5.89 Å². The predicted octanol–water partition coefficient (Wildman–Crippen LogP) is 5.76. The van der Waals surface area contributed by atoms with Gasteiger partial charge >= 0.3 is 0 Å². The van der Waals surface area contributed by atoms with Crippen LogP contribution >= 0.6 is 11.8 Å². The van der Waals surface area contributed by atoms with Crippen LogP contribution in [0, 0.1) is 0 Å². The largest absolute Gasteiger partial charge is 0.440 e. The Morgan fingerprint density at radius 3 is 2.32 bits per heavy atom. The Balaban J connectivity index is 1.48. The van der Waals surface area contributed by atoms with Gasteiger partial charge in [0.05, 0.1) is 11.9 Å². The van der Waals surface area contributed by atoms with Crippen LogP contribution in [0.3, 0.4) is 0 Å². The molecule has 0 amide bonds. The Kier molecular flexibility index (Phi) is 6.72. The van der Waals surface area contributed by atoms with E-state index in [2.05, 4.69) is 69.7 Å². The molecule has 160 valence electrons. The van der Waals surface area contributed by atoms with Crippen LogP contribution in [0.25, 0.3) is 22.7 Å². The Morgan fingerprint density at radius 1 is 0.903 bits per heavy atom. The van der Waals surface area contributed by atoms with Crippen molar-refractivity contribution in [2.24, 2.45) is 0 Å². The monoisotopic (exact) mass is 433 g/mol. The first-order valence-electron chi connectivity index (χ1n) is 10.6. The molecule has 7 heteroatoms. The molecule has 0 aliphatic heterocycles. The SMILES string of the molecule is CCN(CC)c1ccc(-c2nnc(SCc3ncc(-c4ccccc4)o3)n2CC)cc1. The van der Waals surface area contributed by atoms with Crippen LogP contribution in [0.1, 0.15) is 26.7 Å². The van der Waals surface area contributed by atoms with E-state index in [9.17, 15) is 0 Å². The maximum atomic E-state index is 5.92. The topological polar surface area (TPSA) is 60.0 Å². The molecule has 4 aromatic rings. The van der Waals surface area contributed by atoms with E-state index < -0.39 is 0 Å². The van der Waals surface area contributed by atoms with Gasteiger partial charge in [-0.1, -0.05) is 42.1 Å². The second-order valence-electron chi connectivity index (χ2n) is 7.04. The van der Waals surface area contributed by atoms with Crippen molar-refractivity contribution in [3.05, 3.63) is 66.7 Å². The molecule has 6 nitrogen and oxygen atoms in total. The van der Waals surface area contributed by atoms with Gasteiger partial charge in [-0.15, -0.1) is 10.2 Å². The minimum atomic E-state index is 0.603. The summed E-state index contributed by atoms with van der Waals surface area (Å²) in [6.07, 6.45) is 1.78. The van der Waals surface area contributed by atoms with Gasteiger partial charge in [-0.2, -0.15) is 0 Å². The zero-order valence-corrected chi connectivity index (χ0v) is 19.0. The summed E-state index contributed by atoms with van der Waals surface area (Å²) >= 11 is 1.59. The van der Waals surface area contributed by atoms with Crippen LogP contribution < -0.4 is 4.90 Å². The van der Waals surface area contributed by atoms with E-state index in [0.717, 1.165) is 47.5 Å². The van der Waals surface area contributed by atoms with E-state index in [-0.39, 0.29) is 0 Å². The van der Waals surface area contributed by atoms with Crippen molar-refractivity contribution in [2.45, 2.75) is 38.2 Å². The number of anilines is 1. The number of aromatic nitrogens is 4. The lowest BCUT2D eigenvalue weighted by atomic mass is 10.2. The maximum absolute atomic E-state index is 5.92.